The number of piperidine rings is 1. The van der Waals surface area contributed by atoms with Crippen LogP contribution in [0.1, 0.15) is 56.2 Å². The van der Waals surface area contributed by atoms with E-state index in [9.17, 15) is 5.11 Å². The molecule has 1 aliphatic heterocycles. The molecule has 2 fully saturated rings. The molecule has 1 aliphatic carbocycles. The maximum atomic E-state index is 10.2. The van der Waals surface area contributed by atoms with Crippen molar-refractivity contribution < 1.29 is 14.3 Å². The predicted molar refractivity (Wildman–Crippen MR) is 76.8 cm³/mol. The third-order valence-electron chi connectivity index (χ3n) is 4.79. The van der Waals surface area contributed by atoms with E-state index in [4.69, 9.17) is 9.15 Å². The van der Waals surface area contributed by atoms with Gasteiger partial charge in [-0.1, -0.05) is 12.8 Å². The van der Waals surface area contributed by atoms with Gasteiger partial charge in [0.05, 0.1) is 6.10 Å². The van der Waals surface area contributed by atoms with E-state index in [0.717, 1.165) is 44.7 Å². The van der Waals surface area contributed by atoms with E-state index in [1.165, 1.54) is 12.8 Å². The fourth-order valence-electron chi connectivity index (χ4n) is 3.61. The fraction of sp³-hybridized carbons (Fsp3) is 0.867. The van der Waals surface area contributed by atoms with Crippen molar-refractivity contribution in [3.8, 4) is 0 Å². The Morgan fingerprint density at radius 3 is 2.67 bits per heavy atom. The number of aliphatic hydroxyl groups excluding tert-OH is 1. The standard InChI is InChI=1S/C15H25N3O3/c1-20-10-14-16-17-15(21-14)11-6-8-18(9-7-11)12-4-2-3-5-13(12)19/h11-13,19H,2-10H2,1H3/t12-,13-/m1/s1. The van der Waals surface area contributed by atoms with Crippen LogP contribution in [0.5, 0.6) is 0 Å². The zero-order chi connectivity index (χ0) is 14.7. The summed E-state index contributed by atoms with van der Waals surface area (Å²) in [6.45, 7) is 2.39. The molecule has 2 aliphatic rings. The Hall–Kier alpha value is -0.980. The van der Waals surface area contributed by atoms with E-state index in [2.05, 4.69) is 15.1 Å². The minimum Gasteiger partial charge on any atom is -0.422 e. The molecule has 1 N–H and O–H groups in total. The van der Waals surface area contributed by atoms with Crippen LogP contribution in [0.15, 0.2) is 4.42 Å². The molecule has 1 saturated heterocycles. The molecule has 6 nitrogen and oxygen atoms in total. The highest BCUT2D eigenvalue weighted by atomic mass is 16.5. The molecule has 0 amide bonds. The highest BCUT2D eigenvalue weighted by molar-refractivity contribution is 4.96. The summed E-state index contributed by atoms with van der Waals surface area (Å²) in [5, 5.41) is 18.3. The molecular weight excluding hydrogens is 270 g/mol. The van der Waals surface area contributed by atoms with Gasteiger partial charge < -0.3 is 14.3 Å². The van der Waals surface area contributed by atoms with Crippen molar-refractivity contribution in [1.82, 2.24) is 15.1 Å². The smallest absolute Gasteiger partial charge is 0.242 e. The van der Waals surface area contributed by atoms with E-state index < -0.39 is 0 Å². The van der Waals surface area contributed by atoms with Gasteiger partial charge in [0, 0.05) is 19.1 Å². The van der Waals surface area contributed by atoms with Crippen LogP contribution >= 0.6 is 0 Å². The van der Waals surface area contributed by atoms with Crippen LogP contribution in [0.25, 0.3) is 0 Å². The lowest BCUT2D eigenvalue weighted by Crippen LogP contribution is -2.48. The molecule has 118 valence electrons. The molecule has 1 saturated carbocycles. The number of methoxy groups -OCH3 is 1. The summed E-state index contributed by atoms with van der Waals surface area (Å²) in [5.74, 6) is 1.64. The molecule has 1 aromatic heterocycles. The van der Waals surface area contributed by atoms with Gasteiger partial charge in [-0.15, -0.1) is 10.2 Å². The highest BCUT2D eigenvalue weighted by Crippen LogP contribution is 2.31. The van der Waals surface area contributed by atoms with Crippen molar-refractivity contribution in [3.05, 3.63) is 11.8 Å². The number of likely N-dealkylation sites (tertiary alicyclic amines) is 1. The summed E-state index contributed by atoms with van der Waals surface area (Å²) in [6, 6.07) is 0.353. The maximum absolute atomic E-state index is 10.2. The zero-order valence-corrected chi connectivity index (χ0v) is 12.7. The molecule has 0 radical (unpaired) electrons. The van der Waals surface area contributed by atoms with Crippen LogP contribution in [0.2, 0.25) is 0 Å². The second-order valence-electron chi connectivity index (χ2n) is 6.20. The second kappa shape index (κ2) is 6.85. The number of aromatic nitrogens is 2. The number of nitrogens with zero attached hydrogens (tertiary/aromatic N) is 3. The topological polar surface area (TPSA) is 71.6 Å². The number of rotatable bonds is 4. The lowest BCUT2D eigenvalue weighted by molar-refractivity contribution is 0.00743. The van der Waals surface area contributed by atoms with Crippen molar-refractivity contribution >= 4 is 0 Å². The Bertz CT molecular complexity index is 443. The van der Waals surface area contributed by atoms with Crippen LogP contribution in [-0.2, 0) is 11.3 Å². The van der Waals surface area contributed by atoms with Gasteiger partial charge in [-0.3, -0.25) is 4.90 Å². The molecule has 6 heteroatoms. The summed E-state index contributed by atoms with van der Waals surface area (Å²) in [7, 11) is 1.62. The minimum absolute atomic E-state index is 0.146. The van der Waals surface area contributed by atoms with Gasteiger partial charge in [0.15, 0.2) is 0 Å². The van der Waals surface area contributed by atoms with Crippen LogP contribution in [0.3, 0.4) is 0 Å². The Kier molecular flexibility index (Phi) is 4.87. The quantitative estimate of drug-likeness (QED) is 0.911. The van der Waals surface area contributed by atoms with E-state index in [-0.39, 0.29) is 6.10 Å². The van der Waals surface area contributed by atoms with Crippen LogP contribution in [0.4, 0.5) is 0 Å². The molecule has 1 aromatic rings. The summed E-state index contributed by atoms with van der Waals surface area (Å²) in [5.41, 5.74) is 0. The molecule has 2 atom stereocenters. The monoisotopic (exact) mass is 295 g/mol. The van der Waals surface area contributed by atoms with E-state index >= 15 is 0 Å². The summed E-state index contributed by atoms with van der Waals surface area (Å²) >= 11 is 0. The Morgan fingerprint density at radius 1 is 1.19 bits per heavy atom. The number of hydrogen-bond donors (Lipinski definition) is 1. The Labute approximate surface area is 125 Å². The van der Waals surface area contributed by atoms with E-state index in [1.54, 1.807) is 7.11 Å². The number of ether oxygens (including phenoxy) is 1. The normalized spacial score (nSPS) is 28.9. The van der Waals surface area contributed by atoms with Crippen molar-refractivity contribution in [3.63, 3.8) is 0 Å². The van der Waals surface area contributed by atoms with Gasteiger partial charge in [-0.05, 0) is 38.8 Å². The first-order valence-electron chi connectivity index (χ1n) is 8.01. The predicted octanol–water partition coefficient (Wildman–Crippen LogP) is 1.70. The fourth-order valence-corrected chi connectivity index (χ4v) is 3.61. The van der Waals surface area contributed by atoms with Crippen molar-refractivity contribution in [2.75, 3.05) is 20.2 Å². The molecule has 0 bridgehead atoms. The van der Waals surface area contributed by atoms with Crippen LogP contribution in [-0.4, -0.2) is 52.5 Å². The van der Waals surface area contributed by atoms with Crippen LogP contribution < -0.4 is 0 Å². The summed E-state index contributed by atoms with van der Waals surface area (Å²) in [4.78, 5) is 2.45. The van der Waals surface area contributed by atoms with E-state index in [0.29, 0.717) is 24.5 Å². The van der Waals surface area contributed by atoms with Gasteiger partial charge in [0.1, 0.15) is 6.61 Å². The average molecular weight is 295 g/mol. The molecule has 0 unspecified atom stereocenters. The molecule has 3 rings (SSSR count). The lowest BCUT2D eigenvalue weighted by Gasteiger charge is -2.41. The SMILES string of the molecule is COCc1nnc(C2CCN([C@@H]3CCCC[C@H]3O)CC2)o1. The third kappa shape index (κ3) is 3.44. The molecule has 2 heterocycles. The first-order valence-corrected chi connectivity index (χ1v) is 8.01. The third-order valence-corrected chi connectivity index (χ3v) is 4.79. The van der Waals surface area contributed by atoms with Gasteiger partial charge in [0.25, 0.3) is 0 Å². The molecule has 21 heavy (non-hydrogen) atoms. The number of hydrogen-bond acceptors (Lipinski definition) is 6. The largest absolute Gasteiger partial charge is 0.422 e. The maximum Gasteiger partial charge on any atom is 0.242 e. The highest BCUT2D eigenvalue weighted by Gasteiger charge is 2.33. The summed E-state index contributed by atoms with van der Waals surface area (Å²) < 4.78 is 10.7. The Balaban J connectivity index is 1.54. The van der Waals surface area contributed by atoms with Crippen LogP contribution in [0, 0.1) is 0 Å². The van der Waals surface area contributed by atoms with Gasteiger partial charge in [0.2, 0.25) is 11.8 Å². The zero-order valence-electron chi connectivity index (χ0n) is 12.7. The molecular formula is C15H25N3O3. The van der Waals surface area contributed by atoms with Gasteiger partial charge in [-0.2, -0.15) is 0 Å². The molecule has 0 aromatic carbocycles. The first kappa shape index (κ1) is 14.9. The lowest BCUT2D eigenvalue weighted by atomic mass is 9.88. The molecule has 0 spiro atoms. The van der Waals surface area contributed by atoms with E-state index in [1.807, 2.05) is 0 Å². The number of aliphatic hydroxyl groups is 1. The minimum atomic E-state index is -0.146. The van der Waals surface area contributed by atoms with Crippen molar-refractivity contribution in [2.24, 2.45) is 0 Å². The van der Waals surface area contributed by atoms with Crippen molar-refractivity contribution in [2.45, 2.75) is 63.2 Å². The summed E-state index contributed by atoms with van der Waals surface area (Å²) in [6.07, 6.45) is 6.39. The Morgan fingerprint density at radius 2 is 1.95 bits per heavy atom. The van der Waals surface area contributed by atoms with Gasteiger partial charge >= 0.3 is 0 Å². The van der Waals surface area contributed by atoms with Crippen molar-refractivity contribution in [1.29, 1.82) is 0 Å². The van der Waals surface area contributed by atoms with Gasteiger partial charge in [-0.25, -0.2) is 0 Å². The second-order valence-corrected chi connectivity index (χ2v) is 6.20. The first-order chi connectivity index (χ1) is 10.3. The average Bonchev–Trinajstić information content (AvgIpc) is 2.97.